The summed E-state index contributed by atoms with van der Waals surface area (Å²) in [6, 6.07) is 5.22. The number of halogens is 4. The molecule has 7 heteroatoms. The van der Waals surface area contributed by atoms with Gasteiger partial charge in [0.15, 0.2) is 0 Å². The third-order valence-electron chi connectivity index (χ3n) is 2.71. The lowest BCUT2D eigenvalue weighted by Gasteiger charge is -2.11. The Morgan fingerprint density at radius 1 is 1.10 bits per heavy atom. The number of rotatable bonds is 2. The summed E-state index contributed by atoms with van der Waals surface area (Å²) in [5.74, 6) is -1.78. The van der Waals surface area contributed by atoms with Crippen LogP contribution in [-0.4, -0.2) is 17.0 Å². The second-order valence-corrected chi connectivity index (χ2v) is 4.17. The van der Waals surface area contributed by atoms with E-state index in [-0.39, 0.29) is 11.5 Å². The summed E-state index contributed by atoms with van der Waals surface area (Å²) >= 11 is 0. The van der Waals surface area contributed by atoms with Gasteiger partial charge in [-0.2, -0.15) is 13.2 Å². The van der Waals surface area contributed by atoms with E-state index in [0.29, 0.717) is 11.1 Å². The Morgan fingerprint density at radius 3 is 2.40 bits per heavy atom. The van der Waals surface area contributed by atoms with E-state index in [1.165, 1.54) is 25.2 Å². The minimum Gasteiger partial charge on any atom is -0.373 e. The topological polar surface area (TPSA) is 37.8 Å². The zero-order chi connectivity index (χ0) is 14.9. The second-order valence-electron chi connectivity index (χ2n) is 4.17. The average Bonchev–Trinajstić information content (AvgIpc) is 2.40. The Bertz CT molecular complexity index is 638. The summed E-state index contributed by atoms with van der Waals surface area (Å²) in [6.07, 6.45) is -4.66. The molecule has 2 rings (SSSR count). The summed E-state index contributed by atoms with van der Waals surface area (Å²) in [7, 11) is 1.45. The highest BCUT2D eigenvalue weighted by molar-refractivity contribution is 5.66. The van der Waals surface area contributed by atoms with Gasteiger partial charge in [0.05, 0.1) is 5.69 Å². The van der Waals surface area contributed by atoms with Gasteiger partial charge >= 0.3 is 6.18 Å². The van der Waals surface area contributed by atoms with Gasteiger partial charge in [-0.05, 0) is 24.6 Å². The van der Waals surface area contributed by atoms with Crippen LogP contribution >= 0.6 is 0 Å². The Hall–Kier alpha value is -2.18. The first kappa shape index (κ1) is 14.2. The number of nitrogens with one attached hydrogen (secondary N) is 1. The summed E-state index contributed by atoms with van der Waals surface area (Å²) in [4.78, 5) is 6.84. The van der Waals surface area contributed by atoms with Gasteiger partial charge in [-0.3, -0.25) is 0 Å². The van der Waals surface area contributed by atoms with E-state index in [9.17, 15) is 17.6 Å². The molecule has 0 saturated carbocycles. The van der Waals surface area contributed by atoms with Gasteiger partial charge in [-0.15, -0.1) is 0 Å². The fourth-order valence-electron chi connectivity index (χ4n) is 1.71. The molecule has 0 bridgehead atoms. The number of aryl methyl sites for hydroxylation is 1. The molecule has 0 fully saturated rings. The second kappa shape index (κ2) is 5.07. The summed E-state index contributed by atoms with van der Waals surface area (Å²) in [5.41, 5.74) is 0.948. The lowest BCUT2D eigenvalue weighted by Crippen LogP contribution is -2.13. The molecule has 0 saturated heterocycles. The van der Waals surface area contributed by atoms with Crippen LogP contribution < -0.4 is 5.32 Å². The lowest BCUT2D eigenvalue weighted by molar-refractivity contribution is -0.144. The van der Waals surface area contributed by atoms with E-state index in [1.54, 1.807) is 6.92 Å². The Labute approximate surface area is 112 Å². The first-order valence-electron chi connectivity index (χ1n) is 5.72. The monoisotopic (exact) mass is 285 g/mol. The first-order chi connectivity index (χ1) is 9.31. The van der Waals surface area contributed by atoms with E-state index in [2.05, 4.69) is 15.3 Å². The van der Waals surface area contributed by atoms with Gasteiger partial charge in [0.25, 0.3) is 0 Å². The summed E-state index contributed by atoms with van der Waals surface area (Å²) in [5, 5.41) is 2.54. The number of anilines is 1. The maximum atomic E-state index is 13.3. The number of hydrogen-bond donors (Lipinski definition) is 1. The molecular formula is C13H11F4N3. The highest BCUT2D eigenvalue weighted by Gasteiger charge is 2.35. The van der Waals surface area contributed by atoms with Crippen LogP contribution in [-0.2, 0) is 6.18 Å². The number of alkyl halides is 3. The van der Waals surface area contributed by atoms with Gasteiger partial charge in [-0.25, -0.2) is 14.4 Å². The van der Waals surface area contributed by atoms with E-state index in [4.69, 9.17) is 0 Å². The molecule has 0 spiro atoms. The van der Waals surface area contributed by atoms with Crippen LogP contribution in [0.1, 0.15) is 11.4 Å². The van der Waals surface area contributed by atoms with Crippen LogP contribution in [0, 0.1) is 12.7 Å². The zero-order valence-corrected chi connectivity index (χ0v) is 10.7. The molecule has 2 aromatic rings. The number of hydrogen-bond acceptors (Lipinski definition) is 3. The van der Waals surface area contributed by atoms with Crippen molar-refractivity contribution in [2.75, 3.05) is 12.4 Å². The van der Waals surface area contributed by atoms with Crippen molar-refractivity contribution in [2.45, 2.75) is 13.1 Å². The highest BCUT2D eigenvalue weighted by Crippen LogP contribution is 2.31. The van der Waals surface area contributed by atoms with Gasteiger partial charge in [-0.1, -0.05) is 6.07 Å². The van der Waals surface area contributed by atoms with E-state index in [0.717, 1.165) is 6.07 Å². The fourth-order valence-corrected chi connectivity index (χ4v) is 1.71. The predicted molar refractivity (Wildman–Crippen MR) is 66.7 cm³/mol. The van der Waals surface area contributed by atoms with Gasteiger partial charge < -0.3 is 5.32 Å². The summed E-state index contributed by atoms with van der Waals surface area (Å²) < 4.78 is 51.5. The van der Waals surface area contributed by atoms with E-state index < -0.39 is 17.8 Å². The fraction of sp³-hybridized carbons (Fsp3) is 0.231. The van der Waals surface area contributed by atoms with Crippen LogP contribution in [0.15, 0.2) is 24.3 Å². The number of nitrogens with zero attached hydrogens (tertiary/aromatic N) is 2. The van der Waals surface area contributed by atoms with Crippen molar-refractivity contribution in [1.29, 1.82) is 0 Å². The van der Waals surface area contributed by atoms with Gasteiger partial charge in [0.2, 0.25) is 5.82 Å². The van der Waals surface area contributed by atoms with Crippen molar-refractivity contribution in [3.05, 3.63) is 41.5 Å². The van der Waals surface area contributed by atoms with E-state index in [1.807, 2.05) is 0 Å². The van der Waals surface area contributed by atoms with Crippen molar-refractivity contribution in [3.8, 4) is 11.3 Å². The third kappa shape index (κ3) is 2.87. The van der Waals surface area contributed by atoms with Gasteiger partial charge in [0.1, 0.15) is 11.6 Å². The molecule has 1 aromatic heterocycles. The van der Waals surface area contributed by atoms with Crippen molar-refractivity contribution in [1.82, 2.24) is 9.97 Å². The molecule has 0 aliphatic rings. The van der Waals surface area contributed by atoms with Crippen molar-refractivity contribution >= 4 is 5.82 Å². The average molecular weight is 285 g/mol. The molecule has 0 unspecified atom stereocenters. The predicted octanol–water partition coefficient (Wildman–Crippen LogP) is 3.65. The molecule has 3 nitrogen and oxygen atoms in total. The normalized spacial score (nSPS) is 11.5. The molecule has 0 aliphatic carbocycles. The van der Waals surface area contributed by atoms with Crippen molar-refractivity contribution < 1.29 is 17.6 Å². The Balaban J connectivity index is 2.64. The molecule has 0 atom stereocenters. The molecule has 1 heterocycles. The van der Waals surface area contributed by atoms with E-state index >= 15 is 0 Å². The molecule has 106 valence electrons. The van der Waals surface area contributed by atoms with Crippen LogP contribution in [0.2, 0.25) is 0 Å². The van der Waals surface area contributed by atoms with Gasteiger partial charge in [0, 0.05) is 18.7 Å². The SMILES string of the molecule is CNc1cc(-c2cc(F)ccc2C)nc(C(F)(F)F)n1. The molecule has 0 amide bonds. The lowest BCUT2D eigenvalue weighted by atomic mass is 10.1. The largest absolute Gasteiger partial charge is 0.451 e. The van der Waals surface area contributed by atoms with Crippen LogP contribution in [0.3, 0.4) is 0 Å². The molecule has 0 radical (unpaired) electrons. The quantitative estimate of drug-likeness (QED) is 0.856. The van der Waals surface area contributed by atoms with Crippen LogP contribution in [0.5, 0.6) is 0 Å². The molecule has 0 aliphatic heterocycles. The number of benzene rings is 1. The first-order valence-corrected chi connectivity index (χ1v) is 5.72. The minimum atomic E-state index is -4.66. The molecular weight excluding hydrogens is 274 g/mol. The maximum Gasteiger partial charge on any atom is 0.451 e. The maximum absolute atomic E-state index is 13.3. The van der Waals surface area contributed by atoms with Crippen LogP contribution in [0.4, 0.5) is 23.4 Å². The van der Waals surface area contributed by atoms with Crippen molar-refractivity contribution in [2.24, 2.45) is 0 Å². The smallest absolute Gasteiger partial charge is 0.373 e. The summed E-state index contributed by atoms with van der Waals surface area (Å²) in [6.45, 7) is 1.67. The Morgan fingerprint density at radius 2 is 1.80 bits per heavy atom. The standard InChI is InChI=1S/C13H11F4N3/c1-7-3-4-8(14)5-9(7)10-6-11(18-2)20-12(19-10)13(15,16)17/h3-6H,1-2H3,(H,18,19,20). The molecule has 1 N–H and O–H groups in total. The molecule has 20 heavy (non-hydrogen) atoms. The highest BCUT2D eigenvalue weighted by atomic mass is 19.4. The Kier molecular flexibility index (Phi) is 3.61. The minimum absolute atomic E-state index is 0.0194. The third-order valence-corrected chi connectivity index (χ3v) is 2.71. The van der Waals surface area contributed by atoms with Crippen LogP contribution in [0.25, 0.3) is 11.3 Å². The number of aromatic nitrogens is 2. The van der Waals surface area contributed by atoms with Crippen molar-refractivity contribution in [3.63, 3.8) is 0 Å². The zero-order valence-electron chi connectivity index (χ0n) is 10.7. The molecule has 1 aromatic carbocycles.